The molecule has 1 aliphatic heterocycles. The fourth-order valence-corrected chi connectivity index (χ4v) is 5.37. The molecule has 2 atom stereocenters. The van der Waals surface area contributed by atoms with Gasteiger partial charge in [-0.3, -0.25) is 4.79 Å². The average molecular weight is 473 g/mol. The fourth-order valence-electron chi connectivity index (χ4n) is 4.02. The Morgan fingerprint density at radius 3 is 2.24 bits per heavy atom. The number of benzene rings is 2. The van der Waals surface area contributed by atoms with E-state index in [-0.39, 0.29) is 24.2 Å². The SMILES string of the molecule is CC(C)C[C@@H](NS(=O)(=O)Cc1ccccc1)C(=O)N1CCC[C@H]1C(=O)OCc1ccccc1. The number of rotatable bonds is 10. The number of hydrogen-bond acceptors (Lipinski definition) is 5. The molecule has 0 saturated carbocycles. The lowest BCUT2D eigenvalue weighted by molar-refractivity contribution is -0.155. The van der Waals surface area contributed by atoms with Crippen molar-refractivity contribution in [3.63, 3.8) is 0 Å². The maximum absolute atomic E-state index is 13.4. The number of sulfonamides is 1. The van der Waals surface area contributed by atoms with Crippen molar-refractivity contribution in [1.82, 2.24) is 9.62 Å². The van der Waals surface area contributed by atoms with Crippen LogP contribution in [0.4, 0.5) is 0 Å². The number of carbonyl (C=O) groups excluding carboxylic acids is 2. The molecular weight excluding hydrogens is 440 g/mol. The molecule has 1 amide bonds. The van der Waals surface area contributed by atoms with Gasteiger partial charge in [-0.25, -0.2) is 17.9 Å². The minimum atomic E-state index is -3.75. The summed E-state index contributed by atoms with van der Waals surface area (Å²) in [5, 5.41) is 0. The first-order chi connectivity index (χ1) is 15.7. The Labute approximate surface area is 196 Å². The largest absolute Gasteiger partial charge is 0.459 e. The summed E-state index contributed by atoms with van der Waals surface area (Å²) < 4.78 is 33.7. The Morgan fingerprint density at radius 2 is 1.64 bits per heavy atom. The Balaban J connectivity index is 1.68. The lowest BCUT2D eigenvalue weighted by atomic mass is 10.0. The summed E-state index contributed by atoms with van der Waals surface area (Å²) in [6.45, 7) is 4.40. The van der Waals surface area contributed by atoms with Gasteiger partial charge in [0.2, 0.25) is 15.9 Å². The second kappa shape index (κ2) is 11.4. The molecule has 2 aromatic rings. The number of nitrogens with one attached hydrogen (secondary N) is 1. The first-order valence-electron chi connectivity index (χ1n) is 11.3. The number of likely N-dealkylation sites (tertiary alicyclic amines) is 1. The molecule has 178 valence electrons. The molecule has 0 aliphatic carbocycles. The van der Waals surface area contributed by atoms with E-state index >= 15 is 0 Å². The number of esters is 1. The summed E-state index contributed by atoms with van der Waals surface area (Å²) in [6.07, 6.45) is 1.52. The molecule has 1 saturated heterocycles. The standard InChI is InChI=1S/C25H32N2O5S/c1-19(2)16-22(26-33(30,31)18-21-12-7-4-8-13-21)24(28)27-15-9-14-23(27)25(29)32-17-20-10-5-3-6-11-20/h3-8,10-13,19,22-23,26H,9,14-18H2,1-2H3/t22-,23+/m1/s1. The third-order valence-electron chi connectivity index (χ3n) is 5.56. The maximum Gasteiger partial charge on any atom is 0.329 e. The van der Waals surface area contributed by atoms with Crippen LogP contribution in [0.25, 0.3) is 0 Å². The van der Waals surface area contributed by atoms with E-state index in [1.54, 1.807) is 24.3 Å². The van der Waals surface area contributed by atoms with E-state index in [0.717, 1.165) is 5.56 Å². The van der Waals surface area contributed by atoms with Crippen LogP contribution in [0.2, 0.25) is 0 Å². The van der Waals surface area contributed by atoms with E-state index < -0.39 is 28.1 Å². The van der Waals surface area contributed by atoms with Crippen molar-refractivity contribution < 1.29 is 22.7 Å². The zero-order valence-electron chi connectivity index (χ0n) is 19.1. The number of ether oxygens (including phenoxy) is 1. The topological polar surface area (TPSA) is 92.8 Å². The van der Waals surface area contributed by atoms with E-state index in [1.165, 1.54) is 4.90 Å². The van der Waals surface area contributed by atoms with Crippen LogP contribution in [-0.4, -0.2) is 43.8 Å². The highest BCUT2D eigenvalue weighted by Crippen LogP contribution is 2.22. The number of hydrogen-bond donors (Lipinski definition) is 1. The smallest absolute Gasteiger partial charge is 0.329 e. The van der Waals surface area contributed by atoms with E-state index in [0.29, 0.717) is 31.4 Å². The molecule has 33 heavy (non-hydrogen) atoms. The zero-order chi connectivity index (χ0) is 23.8. The van der Waals surface area contributed by atoms with Gasteiger partial charge < -0.3 is 9.64 Å². The highest BCUT2D eigenvalue weighted by molar-refractivity contribution is 7.88. The van der Waals surface area contributed by atoms with E-state index in [1.807, 2.05) is 50.2 Å². The van der Waals surface area contributed by atoms with Gasteiger partial charge in [0.15, 0.2) is 0 Å². The Hall–Kier alpha value is -2.71. The third kappa shape index (κ3) is 7.40. The highest BCUT2D eigenvalue weighted by atomic mass is 32.2. The van der Waals surface area contributed by atoms with E-state index in [9.17, 15) is 18.0 Å². The van der Waals surface area contributed by atoms with Crippen molar-refractivity contribution in [3.8, 4) is 0 Å². The molecular formula is C25H32N2O5S. The quantitative estimate of drug-likeness (QED) is 0.536. The van der Waals surface area contributed by atoms with E-state index in [4.69, 9.17) is 4.74 Å². The predicted molar refractivity (Wildman–Crippen MR) is 126 cm³/mol. The van der Waals surface area contributed by atoms with Gasteiger partial charge in [0, 0.05) is 6.54 Å². The maximum atomic E-state index is 13.4. The minimum absolute atomic E-state index is 0.0875. The van der Waals surface area contributed by atoms with Crippen molar-refractivity contribution in [2.24, 2.45) is 5.92 Å². The summed E-state index contributed by atoms with van der Waals surface area (Å²) in [6, 6.07) is 16.6. The molecule has 0 bridgehead atoms. The normalized spacial score (nSPS) is 17.2. The monoisotopic (exact) mass is 472 g/mol. The molecule has 8 heteroatoms. The van der Waals surface area contributed by atoms with Crippen LogP contribution in [0.3, 0.4) is 0 Å². The third-order valence-corrected chi connectivity index (χ3v) is 6.92. The van der Waals surface area contributed by atoms with E-state index in [2.05, 4.69) is 4.72 Å². The Kier molecular flexibility index (Phi) is 8.63. The second-order valence-corrected chi connectivity index (χ2v) is 10.6. The first-order valence-corrected chi connectivity index (χ1v) is 13.0. The summed E-state index contributed by atoms with van der Waals surface area (Å²) in [4.78, 5) is 27.6. The molecule has 1 fully saturated rings. The van der Waals surface area contributed by atoms with Crippen molar-refractivity contribution >= 4 is 21.9 Å². The predicted octanol–water partition coefficient (Wildman–Crippen LogP) is 3.26. The summed E-state index contributed by atoms with van der Waals surface area (Å²) in [5.74, 6) is -0.956. The molecule has 1 heterocycles. The summed E-state index contributed by atoms with van der Waals surface area (Å²) >= 11 is 0. The zero-order valence-corrected chi connectivity index (χ0v) is 20.0. The van der Waals surface area contributed by atoms with Crippen molar-refractivity contribution in [1.29, 1.82) is 0 Å². The van der Waals surface area contributed by atoms with Crippen molar-refractivity contribution in [2.45, 2.75) is 57.6 Å². The van der Waals surface area contributed by atoms with Gasteiger partial charge in [0.25, 0.3) is 0 Å². The number of nitrogens with zero attached hydrogens (tertiary/aromatic N) is 1. The molecule has 0 aromatic heterocycles. The fraction of sp³-hybridized carbons (Fsp3) is 0.440. The van der Waals surface area contributed by atoms with Crippen molar-refractivity contribution in [2.75, 3.05) is 6.54 Å². The molecule has 0 unspecified atom stereocenters. The molecule has 2 aromatic carbocycles. The first kappa shape index (κ1) is 24.9. The van der Waals surface area contributed by atoms with Gasteiger partial charge in [-0.05, 0) is 36.3 Å². The minimum Gasteiger partial charge on any atom is -0.459 e. The number of amides is 1. The summed E-state index contributed by atoms with van der Waals surface area (Å²) in [7, 11) is -3.75. The van der Waals surface area contributed by atoms with Gasteiger partial charge in [-0.1, -0.05) is 74.5 Å². The average Bonchev–Trinajstić information content (AvgIpc) is 3.27. The van der Waals surface area contributed by atoms with Crippen LogP contribution < -0.4 is 4.72 Å². The van der Waals surface area contributed by atoms with Gasteiger partial charge in [0.1, 0.15) is 18.7 Å². The molecule has 0 radical (unpaired) electrons. The molecule has 3 rings (SSSR count). The molecule has 0 spiro atoms. The van der Waals surface area contributed by atoms with Gasteiger partial charge in [-0.2, -0.15) is 0 Å². The lowest BCUT2D eigenvalue weighted by Gasteiger charge is -2.29. The molecule has 1 N–H and O–H groups in total. The van der Waals surface area contributed by atoms with Gasteiger partial charge in [-0.15, -0.1) is 0 Å². The van der Waals surface area contributed by atoms with Crippen LogP contribution in [0.5, 0.6) is 0 Å². The Morgan fingerprint density at radius 1 is 1.03 bits per heavy atom. The van der Waals surface area contributed by atoms with Crippen LogP contribution in [-0.2, 0) is 36.7 Å². The molecule has 7 nitrogen and oxygen atoms in total. The van der Waals surface area contributed by atoms with Crippen LogP contribution in [0, 0.1) is 5.92 Å². The Bertz CT molecular complexity index is 1030. The van der Waals surface area contributed by atoms with Gasteiger partial charge in [0.05, 0.1) is 5.75 Å². The second-order valence-electron chi connectivity index (χ2n) is 8.83. The van der Waals surface area contributed by atoms with Crippen molar-refractivity contribution in [3.05, 3.63) is 71.8 Å². The van der Waals surface area contributed by atoms with Crippen LogP contribution in [0.15, 0.2) is 60.7 Å². The van der Waals surface area contributed by atoms with Gasteiger partial charge >= 0.3 is 5.97 Å². The number of carbonyl (C=O) groups is 2. The highest BCUT2D eigenvalue weighted by Gasteiger charge is 2.39. The van der Waals surface area contributed by atoms with Crippen LogP contribution >= 0.6 is 0 Å². The summed E-state index contributed by atoms with van der Waals surface area (Å²) in [5.41, 5.74) is 1.51. The lowest BCUT2D eigenvalue weighted by Crippen LogP contribution is -2.52. The van der Waals surface area contributed by atoms with Crippen LogP contribution in [0.1, 0.15) is 44.2 Å². The molecule has 1 aliphatic rings.